The lowest BCUT2D eigenvalue weighted by Crippen LogP contribution is -2.42. The lowest BCUT2D eigenvalue weighted by molar-refractivity contribution is 0.143. The third-order valence-corrected chi connectivity index (χ3v) is 9.52. The Labute approximate surface area is 250 Å². The van der Waals surface area contributed by atoms with Gasteiger partial charge in [-0.3, -0.25) is 0 Å². The average Bonchev–Trinajstić information content (AvgIpc) is 3.30. The van der Waals surface area contributed by atoms with Gasteiger partial charge in [-0.1, -0.05) is 127 Å². The van der Waals surface area contributed by atoms with Crippen LogP contribution < -0.4 is 10.9 Å². The molecule has 0 amide bonds. The maximum absolute atomic E-state index is 6.08. The first-order valence-electron chi connectivity index (χ1n) is 17.0. The predicted molar refractivity (Wildman–Crippen MR) is 172 cm³/mol. The fraction of sp³-hybridized carbons (Fsp3) is 0.657. The van der Waals surface area contributed by atoms with Crippen molar-refractivity contribution in [1.82, 2.24) is 0 Å². The summed E-state index contributed by atoms with van der Waals surface area (Å²) in [4.78, 5) is 0. The van der Waals surface area contributed by atoms with E-state index in [1.807, 2.05) is 0 Å². The van der Waals surface area contributed by atoms with Crippen LogP contribution in [-0.2, 0) is 24.0 Å². The molecule has 6 heteroatoms. The highest BCUT2D eigenvalue weighted by Gasteiger charge is 2.44. The van der Waals surface area contributed by atoms with Crippen molar-refractivity contribution in [2.75, 3.05) is 26.4 Å². The lowest BCUT2D eigenvalue weighted by Gasteiger charge is -2.34. The van der Waals surface area contributed by atoms with Crippen LogP contribution in [0, 0.1) is 0 Å². The molecule has 2 saturated heterocycles. The Hall–Kier alpha value is -1.59. The lowest BCUT2D eigenvalue weighted by atomic mass is 9.67. The molecule has 3 aliphatic rings. The van der Waals surface area contributed by atoms with Gasteiger partial charge in [-0.2, -0.15) is 0 Å². The molecule has 0 atom stereocenters. The van der Waals surface area contributed by atoms with Crippen LogP contribution in [0.4, 0.5) is 0 Å². The van der Waals surface area contributed by atoms with E-state index in [4.69, 9.17) is 18.6 Å². The van der Waals surface area contributed by atoms with Crippen molar-refractivity contribution >= 4 is 25.2 Å². The number of hydrogen-bond acceptors (Lipinski definition) is 4. The van der Waals surface area contributed by atoms with Gasteiger partial charge in [-0.25, -0.2) is 0 Å². The molecule has 0 radical (unpaired) electrons. The van der Waals surface area contributed by atoms with Crippen LogP contribution in [0.3, 0.4) is 0 Å². The monoisotopic (exact) mass is 558 g/mol. The Morgan fingerprint density at radius 1 is 0.537 bits per heavy atom. The SMILES string of the molecule is CCCCCCCCC1(CCCCCCCC)c2cc(B3OCCCO3)ccc2-c2ccc(B3OCCCO3)cc21. The molecule has 41 heavy (non-hydrogen) atoms. The van der Waals surface area contributed by atoms with Crippen LogP contribution >= 0.6 is 0 Å². The highest BCUT2D eigenvalue weighted by molar-refractivity contribution is 6.62. The van der Waals surface area contributed by atoms with E-state index in [9.17, 15) is 0 Å². The first-order chi connectivity index (χ1) is 20.3. The molecule has 0 unspecified atom stereocenters. The number of unbranched alkanes of at least 4 members (excludes halogenated alkanes) is 10. The quantitative estimate of drug-likeness (QED) is 0.156. The van der Waals surface area contributed by atoms with Gasteiger partial charge in [0.2, 0.25) is 0 Å². The molecule has 2 aromatic rings. The van der Waals surface area contributed by atoms with Gasteiger partial charge in [0.25, 0.3) is 0 Å². The molecule has 0 aromatic heterocycles. The van der Waals surface area contributed by atoms with Crippen LogP contribution in [0.15, 0.2) is 36.4 Å². The molecule has 5 rings (SSSR count). The molecule has 1 aliphatic carbocycles. The van der Waals surface area contributed by atoms with E-state index in [0.717, 1.165) is 39.3 Å². The zero-order valence-corrected chi connectivity index (χ0v) is 25.9. The zero-order valence-electron chi connectivity index (χ0n) is 25.9. The van der Waals surface area contributed by atoms with Gasteiger partial charge >= 0.3 is 14.2 Å². The molecule has 0 spiro atoms. The number of fused-ring (bicyclic) bond motifs is 3. The van der Waals surface area contributed by atoms with Crippen LogP contribution in [0.2, 0.25) is 0 Å². The minimum absolute atomic E-state index is 0.00946. The number of hydrogen-bond donors (Lipinski definition) is 0. The van der Waals surface area contributed by atoms with Crippen molar-refractivity contribution in [2.24, 2.45) is 0 Å². The van der Waals surface area contributed by atoms with E-state index < -0.39 is 0 Å². The molecular weight excluding hydrogens is 506 g/mol. The second-order valence-corrected chi connectivity index (χ2v) is 12.6. The minimum Gasteiger partial charge on any atom is -0.407 e. The van der Waals surface area contributed by atoms with Gasteiger partial charge in [-0.05, 0) is 58.9 Å². The zero-order chi connectivity index (χ0) is 28.3. The van der Waals surface area contributed by atoms with Gasteiger partial charge in [-0.15, -0.1) is 0 Å². The van der Waals surface area contributed by atoms with Gasteiger partial charge < -0.3 is 18.6 Å². The predicted octanol–water partition coefficient (Wildman–Crippen LogP) is 7.72. The highest BCUT2D eigenvalue weighted by Crippen LogP contribution is 2.53. The highest BCUT2D eigenvalue weighted by atomic mass is 16.6. The maximum atomic E-state index is 6.08. The number of benzene rings is 2. The first kappa shape index (κ1) is 30.9. The van der Waals surface area contributed by atoms with Crippen molar-refractivity contribution in [3.63, 3.8) is 0 Å². The summed E-state index contributed by atoms with van der Waals surface area (Å²) < 4.78 is 24.3. The van der Waals surface area contributed by atoms with Crippen LogP contribution in [0.5, 0.6) is 0 Å². The molecule has 0 bridgehead atoms. The Morgan fingerprint density at radius 2 is 0.927 bits per heavy atom. The second-order valence-electron chi connectivity index (χ2n) is 12.6. The molecular formula is C35H52B2O4. The standard InChI is InChI=1S/C35H52B2O4/c1-3-5-7-9-11-13-21-35(22-14-12-10-8-6-4-2)33-27-29(36-38-23-15-24-39-36)17-19-31(33)32-20-18-30(28-34(32)35)37-40-25-16-26-41-37/h17-20,27-28H,3-16,21-26H2,1-2H3. The molecule has 222 valence electrons. The molecule has 2 heterocycles. The fourth-order valence-electron chi connectivity index (χ4n) is 7.26. The van der Waals surface area contributed by atoms with Gasteiger partial charge in [0.15, 0.2) is 0 Å². The minimum atomic E-state index is -0.252. The summed E-state index contributed by atoms with van der Waals surface area (Å²) in [6.07, 6.45) is 20.2. The van der Waals surface area contributed by atoms with Crippen LogP contribution in [0.1, 0.15) is 128 Å². The van der Waals surface area contributed by atoms with Gasteiger partial charge in [0.1, 0.15) is 0 Å². The second kappa shape index (κ2) is 15.8. The molecule has 0 saturated carbocycles. The molecule has 4 nitrogen and oxygen atoms in total. The van der Waals surface area contributed by atoms with Crippen molar-refractivity contribution in [2.45, 2.75) is 122 Å². The Balaban J connectivity index is 1.49. The van der Waals surface area contributed by atoms with E-state index in [0.29, 0.717) is 0 Å². The maximum Gasteiger partial charge on any atom is 0.493 e. The third kappa shape index (κ3) is 7.50. The fourth-order valence-corrected chi connectivity index (χ4v) is 7.26. The van der Waals surface area contributed by atoms with Gasteiger partial charge in [0, 0.05) is 31.8 Å². The summed E-state index contributed by atoms with van der Waals surface area (Å²) in [7, 11) is -0.503. The van der Waals surface area contributed by atoms with E-state index in [-0.39, 0.29) is 19.7 Å². The molecule has 2 fully saturated rings. The van der Waals surface area contributed by atoms with E-state index in [2.05, 4.69) is 50.2 Å². The smallest absolute Gasteiger partial charge is 0.407 e. The Morgan fingerprint density at radius 3 is 1.34 bits per heavy atom. The molecule has 0 N–H and O–H groups in total. The van der Waals surface area contributed by atoms with Crippen LogP contribution in [0.25, 0.3) is 11.1 Å². The van der Waals surface area contributed by atoms with Crippen LogP contribution in [-0.4, -0.2) is 40.7 Å². The van der Waals surface area contributed by atoms with Crippen molar-refractivity contribution in [3.05, 3.63) is 47.5 Å². The van der Waals surface area contributed by atoms with E-state index >= 15 is 0 Å². The number of rotatable bonds is 16. The summed E-state index contributed by atoms with van der Waals surface area (Å²) in [5.41, 5.74) is 8.13. The van der Waals surface area contributed by atoms with Crippen molar-refractivity contribution in [3.8, 4) is 11.1 Å². The molecule has 2 aliphatic heterocycles. The Kier molecular flexibility index (Phi) is 11.9. The average molecular weight is 558 g/mol. The summed E-state index contributed by atoms with van der Waals surface area (Å²) in [6.45, 7) is 7.69. The normalized spacial score (nSPS) is 18.0. The summed E-state index contributed by atoms with van der Waals surface area (Å²) >= 11 is 0. The van der Waals surface area contributed by atoms with Gasteiger partial charge in [0.05, 0.1) is 0 Å². The topological polar surface area (TPSA) is 36.9 Å². The van der Waals surface area contributed by atoms with Crippen molar-refractivity contribution in [1.29, 1.82) is 0 Å². The largest absolute Gasteiger partial charge is 0.493 e. The summed E-state index contributed by atoms with van der Waals surface area (Å²) in [5.74, 6) is 0. The van der Waals surface area contributed by atoms with Crippen molar-refractivity contribution < 1.29 is 18.6 Å². The van der Waals surface area contributed by atoms with E-state index in [1.165, 1.54) is 123 Å². The summed E-state index contributed by atoms with van der Waals surface area (Å²) in [5, 5.41) is 0. The van der Waals surface area contributed by atoms with E-state index in [1.54, 1.807) is 0 Å². The summed E-state index contributed by atoms with van der Waals surface area (Å²) in [6, 6.07) is 14.1. The third-order valence-electron chi connectivity index (χ3n) is 9.52. The first-order valence-corrected chi connectivity index (χ1v) is 17.0. The molecule has 2 aromatic carbocycles. The Bertz CT molecular complexity index is 992.